The average Bonchev–Trinajstić information content (AvgIpc) is 3.62. The third-order valence-corrected chi connectivity index (χ3v) is 8.46. The first kappa shape index (κ1) is 28.0. The summed E-state index contributed by atoms with van der Waals surface area (Å²) in [7, 11) is 0. The Morgan fingerprint density at radius 1 is 1.00 bits per heavy atom. The average molecular weight is 590 g/mol. The highest BCUT2D eigenvalue weighted by atomic mass is 32.1. The van der Waals surface area contributed by atoms with E-state index in [4.69, 9.17) is 14.2 Å². The molecule has 4 aromatic rings. The summed E-state index contributed by atoms with van der Waals surface area (Å²) >= 11 is 1.39. The standard InChI is InChI=1S/C32H32FN3O5S/c1-20-3-6-24(34-31(37)22-5-8-27-28(15-22)41-14-13-40-27)17-26(20)35-32(38)30-16-21-4-7-25(18-29(21)42-30)39-12-2-10-36-11-9-23(33)19-36/h3-8,15-18,23H,2,9-14,19H2,1H3,(H,34,37)(H,35,38). The molecule has 2 amide bonds. The Morgan fingerprint density at radius 3 is 2.69 bits per heavy atom. The predicted octanol–water partition coefficient (Wildman–Crippen LogP) is 6.30. The number of likely N-dealkylation sites (tertiary alicyclic amines) is 1. The van der Waals surface area contributed by atoms with Crippen LogP contribution in [0.25, 0.3) is 10.1 Å². The normalized spacial score (nSPS) is 16.4. The van der Waals surface area contributed by atoms with Crippen molar-refractivity contribution in [1.29, 1.82) is 0 Å². The smallest absolute Gasteiger partial charge is 0.265 e. The molecule has 1 saturated heterocycles. The van der Waals surface area contributed by atoms with Gasteiger partial charge in [-0.05, 0) is 85.3 Å². The van der Waals surface area contributed by atoms with E-state index >= 15 is 0 Å². The van der Waals surface area contributed by atoms with Crippen molar-refractivity contribution in [2.24, 2.45) is 0 Å². The van der Waals surface area contributed by atoms with Crippen LogP contribution < -0.4 is 24.8 Å². The zero-order chi connectivity index (χ0) is 29.1. The minimum Gasteiger partial charge on any atom is -0.493 e. The summed E-state index contributed by atoms with van der Waals surface area (Å²) < 4.78 is 31.3. The number of halogens is 1. The monoisotopic (exact) mass is 589 g/mol. The number of benzene rings is 3. The molecule has 3 aromatic carbocycles. The van der Waals surface area contributed by atoms with Crippen LogP contribution in [-0.4, -0.2) is 62.3 Å². The van der Waals surface area contributed by atoms with E-state index < -0.39 is 6.17 Å². The zero-order valence-corrected chi connectivity index (χ0v) is 24.1. The van der Waals surface area contributed by atoms with E-state index in [1.54, 1.807) is 30.3 Å². The molecule has 10 heteroatoms. The highest BCUT2D eigenvalue weighted by Gasteiger charge is 2.21. The number of fused-ring (bicyclic) bond motifs is 2. The number of carbonyl (C=O) groups excluding carboxylic acids is 2. The van der Waals surface area contributed by atoms with Crippen molar-refractivity contribution in [3.05, 3.63) is 76.7 Å². The molecule has 6 rings (SSSR count). The molecule has 2 N–H and O–H groups in total. The second-order valence-corrected chi connectivity index (χ2v) is 11.6. The van der Waals surface area contributed by atoms with Crippen molar-refractivity contribution in [2.75, 3.05) is 50.1 Å². The van der Waals surface area contributed by atoms with Crippen LogP contribution in [0.3, 0.4) is 0 Å². The SMILES string of the molecule is Cc1ccc(NC(=O)c2ccc3c(c2)OCCO3)cc1NC(=O)c1cc2ccc(OCCCN3CCC(F)C3)cc2s1. The lowest BCUT2D eigenvalue weighted by Crippen LogP contribution is -2.23. The fraction of sp³-hybridized carbons (Fsp3) is 0.312. The Kier molecular flexibility index (Phi) is 8.25. The molecule has 0 bridgehead atoms. The number of thiophene rings is 1. The maximum atomic E-state index is 13.3. The number of hydrogen-bond donors (Lipinski definition) is 2. The quantitative estimate of drug-likeness (QED) is 0.223. The van der Waals surface area contributed by atoms with Gasteiger partial charge in [0.1, 0.15) is 25.1 Å². The lowest BCUT2D eigenvalue weighted by molar-refractivity contribution is 0.102. The summed E-state index contributed by atoms with van der Waals surface area (Å²) in [5, 5.41) is 6.84. The van der Waals surface area contributed by atoms with E-state index in [2.05, 4.69) is 15.5 Å². The summed E-state index contributed by atoms with van der Waals surface area (Å²) in [6.45, 7) is 5.54. The highest BCUT2D eigenvalue weighted by Crippen LogP contribution is 2.32. The molecule has 42 heavy (non-hydrogen) atoms. The van der Waals surface area contributed by atoms with Crippen molar-refractivity contribution in [1.82, 2.24) is 4.90 Å². The minimum absolute atomic E-state index is 0.228. The van der Waals surface area contributed by atoms with Crippen LogP contribution in [0.4, 0.5) is 15.8 Å². The van der Waals surface area contributed by atoms with Gasteiger partial charge >= 0.3 is 0 Å². The molecule has 218 valence electrons. The van der Waals surface area contributed by atoms with Crippen molar-refractivity contribution in [3.63, 3.8) is 0 Å². The van der Waals surface area contributed by atoms with Crippen molar-refractivity contribution >= 4 is 44.6 Å². The Hall–Kier alpha value is -4.15. The van der Waals surface area contributed by atoms with Crippen molar-refractivity contribution < 1.29 is 28.2 Å². The van der Waals surface area contributed by atoms with Gasteiger partial charge in [0.05, 0.1) is 11.5 Å². The molecule has 0 radical (unpaired) electrons. The number of alkyl halides is 1. The van der Waals surface area contributed by atoms with Crippen molar-refractivity contribution in [2.45, 2.75) is 25.9 Å². The highest BCUT2D eigenvalue weighted by molar-refractivity contribution is 7.20. The van der Waals surface area contributed by atoms with Gasteiger partial charge in [0.25, 0.3) is 11.8 Å². The van der Waals surface area contributed by atoms with Gasteiger partial charge in [0.2, 0.25) is 0 Å². The molecule has 2 aliphatic rings. The first-order valence-electron chi connectivity index (χ1n) is 14.1. The summed E-state index contributed by atoms with van der Waals surface area (Å²) in [6, 6.07) is 18.1. The molecule has 3 heterocycles. The van der Waals surface area contributed by atoms with Crippen LogP contribution in [-0.2, 0) is 0 Å². The lowest BCUT2D eigenvalue weighted by Gasteiger charge is -2.18. The van der Waals surface area contributed by atoms with E-state index in [0.717, 1.165) is 40.9 Å². The third kappa shape index (κ3) is 6.50. The largest absolute Gasteiger partial charge is 0.493 e. The molecule has 1 atom stereocenters. The zero-order valence-electron chi connectivity index (χ0n) is 23.3. The minimum atomic E-state index is -0.704. The van der Waals surface area contributed by atoms with Crippen LogP contribution in [0.2, 0.25) is 0 Å². The molecule has 2 aliphatic heterocycles. The van der Waals surface area contributed by atoms with Crippen LogP contribution in [0, 0.1) is 6.92 Å². The fourth-order valence-electron chi connectivity index (χ4n) is 5.09. The van der Waals surface area contributed by atoms with Crippen LogP contribution in [0.15, 0.2) is 60.7 Å². The number of carbonyl (C=O) groups is 2. The number of rotatable bonds is 9. The molecule has 0 saturated carbocycles. The molecule has 1 aromatic heterocycles. The van der Waals surface area contributed by atoms with Gasteiger partial charge in [-0.15, -0.1) is 11.3 Å². The second-order valence-electron chi connectivity index (χ2n) is 10.5. The van der Waals surface area contributed by atoms with E-state index in [9.17, 15) is 14.0 Å². The van der Waals surface area contributed by atoms with Gasteiger partial charge < -0.3 is 29.7 Å². The maximum absolute atomic E-state index is 13.3. The van der Waals surface area contributed by atoms with Crippen LogP contribution in [0.5, 0.6) is 17.2 Å². The number of amides is 2. The van der Waals surface area contributed by atoms with Gasteiger partial charge in [0.15, 0.2) is 11.5 Å². The number of anilines is 2. The van der Waals surface area contributed by atoms with E-state index in [-0.39, 0.29) is 11.8 Å². The van der Waals surface area contributed by atoms with E-state index in [1.165, 1.54) is 11.3 Å². The Labute approximate surface area is 247 Å². The summed E-state index contributed by atoms with van der Waals surface area (Å²) in [5.74, 6) is 1.39. The summed E-state index contributed by atoms with van der Waals surface area (Å²) in [6.07, 6.45) is 0.748. The number of aryl methyl sites for hydroxylation is 1. The van der Waals surface area contributed by atoms with Crippen LogP contribution in [0.1, 0.15) is 38.4 Å². The van der Waals surface area contributed by atoms with Gasteiger partial charge in [-0.2, -0.15) is 0 Å². The fourth-order valence-corrected chi connectivity index (χ4v) is 6.07. The first-order chi connectivity index (χ1) is 20.4. The van der Waals surface area contributed by atoms with E-state index in [1.807, 2.05) is 37.3 Å². The lowest BCUT2D eigenvalue weighted by atomic mass is 10.1. The molecule has 8 nitrogen and oxygen atoms in total. The van der Waals surface area contributed by atoms with Gasteiger partial charge in [-0.3, -0.25) is 9.59 Å². The van der Waals surface area contributed by atoms with Crippen LogP contribution >= 0.6 is 11.3 Å². The predicted molar refractivity (Wildman–Crippen MR) is 162 cm³/mol. The summed E-state index contributed by atoms with van der Waals surface area (Å²) in [5.41, 5.74) is 2.48. The van der Waals surface area contributed by atoms with E-state index in [0.29, 0.717) is 66.1 Å². The molecule has 1 fully saturated rings. The van der Waals surface area contributed by atoms with Crippen molar-refractivity contribution in [3.8, 4) is 17.2 Å². The molecular formula is C32H32FN3O5S. The van der Waals surface area contributed by atoms with Gasteiger partial charge in [-0.1, -0.05) is 6.07 Å². The summed E-state index contributed by atoms with van der Waals surface area (Å²) in [4.78, 5) is 28.8. The Morgan fingerprint density at radius 2 is 1.86 bits per heavy atom. The number of nitrogens with zero attached hydrogens (tertiary/aromatic N) is 1. The second kappa shape index (κ2) is 12.4. The number of nitrogens with one attached hydrogen (secondary N) is 2. The molecule has 0 aliphatic carbocycles. The molecule has 1 unspecified atom stereocenters. The molecule has 0 spiro atoms. The molecular weight excluding hydrogens is 557 g/mol. The number of ether oxygens (including phenoxy) is 3. The van der Waals surface area contributed by atoms with Gasteiger partial charge in [0, 0.05) is 41.3 Å². The Balaban J connectivity index is 1.07. The topological polar surface area (TPSA) is 89.1 Å². The van der Waals surface area contributed by atoms with Gasteiger partial charge in [-0.25, -0.2) is 4.39 Å². The number of hydrogen-bond acceptors (Lipinski definition) is 7. The third-order valence-electron chi connectivity index (χ3n) is 7.37. The Bertz CT molecular complexity index is 1620. The first-order valence-corrected chi connectivity index (χ1v) is 14.9. The maximum Gasteiger partial charge on any atom is 0.265 e.